The van der Waals surface area contributed by atoms with Gasteiger partial charge in [0.1, 0.15) is 11.4 Å². The quantitative estimate of drug-likeness (QED) is 0.863. The molecule has 1 unspecified atom stereocenters. The van der Waals surface area contributed by atoms with Crippen LogP contribution in [-0.4, -0.2) is 37.1 Å². The van der Waals surface area contributed by atoms with Gasteiger partial charge in [0.15, 0.2) is 6.10 Å². The number of carbonyl (C=O) groups excluding carboxylic acids is 2. The predicted octanol–water partition coefficient (Wildman–Crippen LogP) is 1.53. The number of rotatable bonds is 4. The van der Waals surface area contributed by atoms with Gasteiger partial charge in [0.05, 0.1) is 7.11 Å². The van der Waals surface area contributed by atoms with E-state index in [2.05, 4.69) is 15.0 Å². The molecule has 0 spiro atoms. The molecule has 1 N–H and O–H groups in total. The number of nitrogens with one attached hydrogen (secondary N) is 1. The third kappa shape index (κ3) is 2.94. The van der Waals surface area contributed by atoms with Crippen molar-refractivity contribution < 1.29 is 19.1 Å². The van der Waals surface area contributed by atoms with Crippen LogP contribution in [0.25, 0.3) is 10.8 Å². The molecule has 0 saturated heterocycles. The van der Waals surface area contributed by atoms with Crippen molar-refractivity contribution in [3.05, 3.63) is 36.2 Å². The van der Waals surface area contributed by atoms with Crippen molar-refractivity contribution in [3.8, 4) is 5.75 Å². The first-order valence-corrected chi connectivity index (χ1v) is 6.42. The second-order valence-corrected chi connectivity index (χ2v) is 4.37. The molecule has 6 heteroatoms. The SMILES string of the molecule is CNC(=O)c1nccc2c(OC(C)C(=O)OC)cccc12. The van der Waals surface area contributed by atoms with Gasteiger partial charge in [0.2, 0.25) is 0 Å². The van der Waals surface area contributed by atoms with Gasteiger partial charge in [0, 0.05) is 24.0 Å². The molecule has 1 aromatic heterocycles. The Bertz CT molecular complexity index is 684. The Labute approximate surface area is 122 Å². The highest BCUT2D eigenvalue weighted by atomic mass is 16.6. The molecule has 1 aromatic carbocycles. The van der Waals surface area contributed by atoms with Crippen LogP contribution in [0.1, 0.15) is 17.4 Å². The zero-order valence-electron chi connectivity index (χ0n) is 12.0. The Kier molecular flexibility index (Phi) is 4.37. The Morgan fingerprint density at radius 1 is 1.24 bits per heavy atom. The molecule has 2 aromatic rings. The summed E-state index contributed by atoms with van der Waals surface area (Å²) in [5.74, 6) is -0.246. The number of benzene rings is 1. The minimum absolute atomic E-state index is 0.279. The molecule has 1 atom stereocenters. The van der Waals surface area contributed by atoms with Crippen LogP contribution in [0.3, 0.4) is 0 Å². The Morgan fingerprint density at radius 2 is 2.00 bits per heavy atom. The smallest absolute Gasteiger partial charge is 0.346 e. The van der Waals surface area contributed by atoms with Crippen LogP contribution in [0.2, 0.25) is 0 Å². The molecule has 0 fully saturated rings. The lowest BCUT2D eigenvalue weighted by molar-refractivity contribution is -0.147. The summed E-state index contributed by atoms with van der Waals surface area (Å²) in [7, 11) is 2.85. The van der Waals surface area contributed by atoms with Gasteiger partial charge in [-0.2, -0.15) is 0 Å². The number of pyridine rings is 1. The number of hydrogen-bond donors (Lipinski definition) is 1. The zero-order valence-corrected chi connectivity index (χ0v) is 12.0. The molecule has 6 nitrogen and oxygen atoms in total. The van der Waals surface area contributed by atoms with Gasteiger partial charge in [-0.05, 0) is 19.1 Å². The molecule has 0 aliphatic rings. The van der Waals surface area contributed by atoms with Crippen molar-refractivity contribution in [2.24, 2.45) is 0 Å². The maximum Gasteiger partial charge on any atom is 0.346 e. The number of hydrogen-bond acceptors (Lipinski definition) is 5. The van der Waals surface area contributed by atoms with Crippen molar-refractivity contribution in [2.75, 3.05) is 14.2 Å². The number of amides is 1. The summed E-state index contributed by atoms with van der Waals surface area (Å²) in [4.78, 5) is 27.4. The van der Waals surface area contributed by atoms with Gasteiger partial charge in [-0.1, -0.05) is 12.1 Å². The van der Waals surface area contributed by atoms with Crippen molar-refractivity contribution in [2.45, 2.75) is 13.0 Å². The van der Waals surface area contributed by atoms with E-state index in [0.29, 0.717) is 22.2 Å². The third-order valence-corrected chi connectivity index (χ3v) is 3.05. The summed E-state index contributed by atoms with van der Waals surface area (Å²) in [5, 5.41) is 3.91. The largest absolute Gasteiger partial charge is 0.478 e. The second-order valence-electron chi connectivity index (χ2n) is 4.37. The molecular formula is C15H16N2O4. The number of methoxy groups -OCH3 is 1. The summed E-state index contributed by atoms with van der Waals surface area (Å²) in [6.07, 6.45) is 0.792. The van der Waals surface area contributed by atoms with Gasteiger partial charge >= 0.3 is 5.97 Å². The normalized spacial score (nSPS) is 11.8. The first kappa shape index (κ1) is 14.8. The molecular weight excluding hydrogens is 272 g/mol. The van der Waals surface area contributed by atoms with Gasteiger partial charge in [-0.15, -0.1) is 0 Å². The fourth-order valence-electron chi connectivity index (χ4n) is 1.98. The monoisotopic (exact) mass is 288 g/mol. The van der Waals surface area contributed by atoms with Crippen LogP contribution in [0.15, 0.2) is 30.5 Å². The van der Waals surface area contributed by atoms with Gasteiger partial charge in [-0.25, -0.2) is 4.79 Å². The zero-order chi connectivity index (χ0) is 15.4. The van der Waals surface area contributed by atoms with E-state index in [4.69, 9.17) is 4.74 Å². The van der Waals surface area contributed by atoms with E-state index in [9.17, 15) is 9.59 Å². The molecule has 2 rings (SSSR count). The molecule has 1 heterocycles. The van der Waals surface area contributed by atoms with E-state index in [1.807, 2.05) is 0 Å². The minimum Gasteiger partial charge on any atom is -0.478 e. The fourth-order valence-corrected chi connectivity index (χ4v) is 1.98. The fraction of sp³-hybridized carbons (Fsp3) is 0.267. The van der Waals surface area contributed by atoms with Crippen LogP contribution in [0.5, 0.6) is 5.75 Å². The standard InChI is InChI=1S/C15H16N2O4/c1-9(15(19)20-3)21-12-6-4-5-11-10(12)7-8-17-13(11)14(18)16-2/h4-9H,1-3H3,(H,16,18). The second kappa shape index (κ2) is 6.21. The number of esters is 1. The van der Waals surface area contributed by atoms with E-state index < -0.39 is 12.1 Å². The first-order chi connectivity index (χ1) is 10.1. The van der Waals surface area contributed by atoms with E-state index in [1.165, 1.54) is 13.3 Å². The van der Waals surface area contributed by atoms with E-state index in [1.54, 1.807) is 38.2 Å². The number of nitrogens with zero attached hydrogens (tertiary/aromatic N) is 1. The van der Waals surface area contributed by atoms with Crippen molar-refractivity contribution in [1.82, 2.24) is 10.3 Å². The van der Waals surface area contributed by atoms with Crippen LogP contribution in [-0.2, 0) is 9.53 Å². The van der Waals surface area contributed by atoms with Gasteiger partial charge in [-0.3, -0.25) is 9.78 Å². The number of carbonyl (C=O) groups is 2. The van der Waals surface area contributed by atoms with Crippen molar-refractivity contribution >= 4 is 22.6 Å². The summed E-state index contributed by atoms with van der Waals surface area (Å²) in [6, 6.07) is 6.99. The topological polar surface area (TPSA) is 77.5 Å². The lowest BCUT2D eigenvalue weighted by Crippen LogP contribution is -2.25. The highest BCUT2D eigenvalue weighted by Crippen LogP contribution is 2.27. The lowest BCUT2D eigenvalue weighted by atomic mass is 10.1. The number of ether oxygens (including phenoxy) is 2. The van der Waals surface area contributed by atoms with E-state index >= 15 is 0 Å². The molecule has 1 amide bonds. The Balaban J connectivity index is 2.47. The van der Waals surface area contributed by atoms with Crippen molar-refractivity contribution in [3.63, 3.8) is 0 Å². The average Bonchev–Trinajstić information content (AvgIpc) is 2.53. The summed E-state index contributed by atoms with van der Waals surface area (Å²) < 4.78 is 10.2. The summed E-state index contributed by atoms with van der Waals surface area (Å²) in [6.45, 7) is 1.60. The van der Waals surface area contributed by atoms with E-state index in [-0.39, 0.29) is 5.91 Å². The van der Waals surface area contributed by atoms with E-state index in [0.717, 1.165) is 0 Å². The third-order valence-electron chi connectivity index (χ3n) is 3.05. The maximum absolute atomic E-state index is 11.8. The summed E-state index contributed by atoms with van der Waals surface area (Å²) in [5.41, 5.74) is 0.311. The lowest BCUT2D eigenvalue weighted by Gasteiger charge is -2.15. The Morgan fingerprint density at radius 3 is 2.67 bits per heavy atom. The molecule has 0 saturated carbocycles. The molecule has 0 bridgehead atoms. The number of fused-ring (bicyclic) bond motifs is 1. The molecule has 0 aliphatic carbocycles. The van der Waals surface area contributed by atoms with Crippen molar-refractivity contribution in [1.29, 1.82) is 0 Å². The minimum atomic E-state index is -0.739. The molecule has 21 heavy (non-hydrogen) atoms. The van der Waals surface area contributed by atoms with Crippen LogP contribution < -0.4 is 10.1 Å². The van der Waals surface area contributed by atoms with Crippen LogP contribution in [0.4, 0.5) is 0 Å². The van der Waals surface area contributed by atoms with Crippen LogP contribution in [0, 0.1) is 0 Å². The Hall–Kier alpha value is -2.63. The summed E-state index contributed by atoms with van der Waals surface area (Å²) >= 11 is 0. The van der Waals surface area contributed by atoms with Gasteiger partial charge in [0.25, 0.3) is 5.91 Å². The van der Waals surface area contributed by atoms with Gasteiger partial charge < -0.3 is 14.8 Å². The maximum atomic E-state index is 11.8. The molecule has 110 valence electrons. The van der Waals surface area contributed by atoms with Crippen LogP contribution >= 0.6 is 0 Å². The first-order valence-electron chi connectivity index (χ1n) is 6.42. The molecule has 0 aliphatic heterocycles. The molecule has 0 radical (unpaired) electrons. The highest BCUT2D eigenvalue weighted by molar-refractivity contribution is 6.06. The highest BCUT2D eigenvalue weighted by Gasteiger charge is 2.17. The average molecular weight is 288 g/mol. The predicted molar refractivity (Wildman–Crippen MR) is 77.2 cm³/mol. The number of aromatic nitrogens is 1.